The van der Waals surface area contributed by atoms with Crippen LogP contribution in [0.15, 0.2) is 65.4 Å². The smallest absolute Gasteiger partial charge is 0.394 e. The van der Waals surface area contributed by atoms with Crippen LogP contribution in [0.4, 0.5) is 0 Å². The summed E-state index contributed by atoms with van der Waals surface area (Å²) in [5.74, 6) is 1.58. The van der Waals surface area contributed by atoms with Gasteiger partial charge in [0.25, 0.3) is 0 Å². The van der Waals surface area contributed by atoms with Gasteiger partial charge in [-0.3, -0.25) is 19.1 Å². The third-order valence-corrected chi connectivity index (χ3v) is 4.87. The summed E-state index contributed by atoms with van der Waals surface area (Å²) < 4.78 is 42.5. The van der Waals surface area contributed by atoms with Crippen LogP contribution < -0.4 is 9.47 Å². The molecule has 0 saturated heterocycles. The molecule has 0 bridgehead atoms. The maximum atomic E-state index is 8.74. The highest BCUT2D eigenvalue weighted by atomic mass is 32.3. The molecule has 4 rings (SSSR count). The Bertz CT molecular complexity index is 1260. The Morgan fingerprint density at radius 2 is 1.78 bits per heavy atom. The molecule has 9 heteroatoms. The number of methoxy groups -OCH3 is 2. The van der Waals surface area contributed by atoms with Gasteiger partial charge in [0.05, 0.1) is 19.9 Å². The van der Waals surface area contributed by atoms with Crippen molar-refractivity contribution < 1.29 is 27.0 Å². The standard InChI is InChI=1S/C23H22N2O2.H2O4S/c1-26-19-10-9-16(22(13-19)27-2)12-17-7-5-11-25-23(17)21-15-24-14-18-6-3-4-8-20(18)21;1-5(2,3)4/h3-4,6,8-10,12-15H,5,7,11H2,1-2H3;(H2,1,2,3,4)/b17-12+;. The summed E-state index contributed by atoms with van der Waals surface area (Å²) in [7, 11) is -1.33. The molecule has 0 spiro atoms. The van der Waals surface area contributed by atoms with Crippen molar-refractivity contribution in [2.45, 2.75) is 12.8 Å². The van der Waals surface area contributed by atoms with Crippen LogP contribution in [0.3, 0.4) is 0 Å². The van der Waals surface area contributed by atoms with Crippen molar-refractivity contribution in [2.24, 2.45) is 4.99 Å². The Labute approximate surface area is 186 Å². The summed E-state index contributed by atoms with van der Waals surface area (Å²) in [5, 5.41) is 2.31. The number of allylic oxidation sites excluding steroid dienone is 1. The van der Waals surface area contributed by atoms with E-state index in [4.69, 9.17) is 32.0 Å². The number of hydrogen-bond acceptors (Lipinski definition) is 6. The van der Waals surface area contributed by atoms with Gasteiger partial charge in [-0.25, -0.2) is 0 Å². The highest BCUT2D eigenvalue weighted by Gasteiger charge is 2.17. The van der Waals surface area contributed by atoms with E-state index in [1.807, 2.05) is 36.7 Å². The van der Waals surface area contributed by atoms with Gasteiger partial charge in [-0.15, -0.1) is 0 Å². The Kier molecular flexibility index (Phi) is 7.57. The predicted octanol–water partition coefficient (Wildman–Crippen LogP) is 4.27. The van der Waals surface area contributed by atoms with Crippen molar-refractivity contribution in [3.8, 4) is 11.5 Å². The van der Waals surface area contributed by atoms with Gasteiger partial charge in [0.15, 0.2) is 0 Å². The Morgan fingerprint density at radius 3 is 2.50 bits per heavy atom. The van der Waals surface area contributed by atoms with Crippen LogP contribution in [-0.4, -0.2) is 49.0 Å². The van der Waals surface area contributed by atoms with E-state index in [1.54, 1.807) is 14.2 Å². The number of rotatable bonds is 4. The van der Waals surface area contributed by atoms with Gasteiger partial charge < -0.3 is 9.47 Å². The quantitative estimate of drug-likeness (QED) is 0.563. The highest BCUT2D eigenvalue weighted by Crippen LogP contribution is 2.30. The molecule has 0 atom stereocenters. The van der Waals surface area contributed by atoms with E-state index in [9.17, 15) is 0 Å². The lowest BCUT2D eigenvalue weighted by atomic mass is 9.92. The zero-order chi connectivity index (χ0) is 23.1. The molecule has 1 aromatic heterocycles. The van der Waals surface area contributed by atoms with Crippen molar-refractivity contribution in [3.63, 3.8) is 0 Å². The first kappa shape index (κ1) is 23.4. The number of nitrogens with zero attached hydrogens (tertiary/aromatic N) is 2. The van der Waals surface area contributed by atoms with E-state index in [2.05, 4.69) is 29.3 Å². The van der Waals surface area contributed by atoms with Gasteiger partial charge in [-0.1, -0.05) is 24.3 Å². The molecule has 2 heterocycles. The molecule has 1 aliphatic rings. The SMILES string of the molecule is COc1ccc(/C=C2\CCCN=C2c2cncc3ccccc23)c(OC)c1.O=S(=O)(O)O. The molecule has 32 heavy (non-hydrogen) atoms. The van der Waals surface area contributed by atoms with Crippen LogP contribution in [0.1, 0.15) is 24.0 Å². The van der Waals surface area contributed by atoms with Gasteiger partial charge in [0.1, 0.15) is 11.5 Å². The average Bonchev–Trinajstić information content (AvgIpc) is 2.78. The Balaban J connectivity index is 0.000000523. The molecular formula is C23H24N2O6S. The maximum Gasteiger partial charge on any atom is 0.394 e. The third-order valence-electron chi connectivity index (χ3n) is 4.87. The molecule has 0 aliphatic carbocycles. The molecule has 0 radical (unpaired) electrons. The summed E-state index contributed by atoms with van der Waals surface area (Å²) in [4.78, 5) is 9.30. The fourth-order valence-electron chi connectivity index (χ4n) is 3.51. The Hall–Kier alpha value is -3.27. The van der Waals surface area contributed by atoms with Crippen molar-refractivity contribution in [1.82, 2.24) is 4.98 Å². The van der Waals surface area contributed by atoms with E-state index < -0.39 is 10.4 Å². The maximum absolute atomic E-state index is 8.74. The summed E-state index contributed by atoms with van der Waals surface area (Å²) in [5.41, 5.74) is 4.36. The lowest BCUT2D eigenvalue weighted by Gasteiger charge is -2.18. The Morgan fingerprint density at radius 1 is 1.03 bits per heavy atom. The van der Waals surface area contributed by atoms with Crippen LogP contribution in [0, 0.1) is 0 Å². The third kappa shape index (κ3) is 6.13. The minimum Gasteiger partial charge on any atom is -0.497 e. The summed E-state index contributed by atoms with van der Waals surface area (Å²) in [6, 6.07) is 14.2. The minimum absolute atomic E-state index is 0.782. The van der Waals surface area contributed by atoms with Crippen LogP contribution in [0.25, 0.3) is 16.8 Å². The highest BCUT2D eigenvalue weighted by molar-refractivity contribution is 7.79. The topological polar surface area (TPSA) is 118 Å². The molecule has 0 saturated carbocycles. The molecular weight excluding hydrogens is 432 g/mol. The van der Waals surface area contributed by atoms with Gasteiger partial charge in [-0.05, 0) is 42.0 Å². The molecule has 8 nitrogen and oxygen atoms in total. The van der Waals surface area contributed by atoms with Crippen molar-refractivity contribution in [3.05, 3.63) is 71.6 Å². The second-order valence-corrected chi connectivity index (χ2v) is 7.86. The molecule has 1 aliphatic heterocycles. The van der Waals surface area contributed by atoms with Crippen LogP contribution >= 0.6 is 0 Å². The van der Waals surface area contributed by atoms with Crippen LogP contribution in [0.5, 0.6) is 11.5 Å². The monoisotopic (exact) mass is 456 g/mol. The fraction of sp³-hybridized carbons (Fsp3) is 0.217. The first-order valence-electron chi connectivity index (χ1n) is 9.80. The summed E-state index contributed by atoms with van der Waals surface area (Å²) in [6.45, 7) is 0.843. The summed E-state index contributed by atoms with van der Waals surface area (Å²) >= 11 is 0. The van der Waals surface area contributed by atoms with Gasteiger partial charge in [-0.2, -0.15) is 8.42 Å². The zero-order valence-corrected chi connectivity index (χ0v) is 18.5. The largest absolute Gasteiger partial charge is 0.497 e. The number of pyridine rings is 1. The van der Waals surface area contributed by atoms with Gasteiger partial charge in [0.2, 0.25) is 0 Å². The van der Waals surface area contributed by atoms with Crippen molar-refractivity contribution in [2.75, 3.05) is 20.8 Å². The van der Waals surface area contributed by atoms with Gasteiger partial charge >= 0.3 is 10.4 Å². The zero-order valence-electron chi connectivity index (χ0n) is 17.7. The van der Waals surface area contributed by atoms with E-state index >= 15 is 0 Å². The average molecular weight is 457 g/mol. The second kappa shape index (κ2) is 10.4. The van der Waals surface area contributed by atoms with Crippen molar-refractivity contribution in [1.29, 1.82) is 0 Å². The molecule has 3 aromatic rings. The lowest BCUT2D eigenvalue weighted by Crippen LogP contribution is -2.12. The molecule has 2 N–H and O–H groups in total. The number of aromatic nitrogens is 1. The van der Waals surface area contributed by atoms with E-state index in [-0.39, 0.29) is 0 Å². The molecule has 0 fully saturated rings. The van der Waals surface area contributed by atoms with E-state index in [0.717, 1.165) is 53.1 Å². The summed E-state index contributed by atoms with van der Waals surface area (Å²) in [6.07, 6.45) is 8.03. The van der Waals surface area contributed by atoms with Crippen molar-refractivity contribution >= 4 is 33.0 Å². The van der Waals surface area contributed by atoms with Crippen LogP contribution in [0.2, 0.25) is 0 Å². The van der Waals surface area contributed by atoms with E-state index in [1.165, 1.54) is 11.0 Å². The van der Waals surface area contributed by atoms with E-state index in [0.29, 0.717) is 0 Å². The fourth-order valence-corrected chi connectivity index (χ4v) is 3.51. The number of hydrogen-bond donors (Lipinski definition) is 2. The number of fused-ring (bicyclic) bond motifs is 1. The first-order valence-corrected chi connectivity index (χ1v) is 11.2. The molecule has 2 aromatic carbocycles. The van der Waals surface area contributed by atoms with Crippen LogP contribution in [-0.2, 0) is 10.4 Å². The lowest BCUT2D eigenvalue weighted by molar-refractivity contribution is 0.381. The number of aliphatic imine (C=N–C) groups is 1. The number of benzene rings is 2. The van der Waals surface area contributed by atoms with Gasteiger partial charge in [0, 0.05) is 41.5 Å². The minimum atomic E-state index is -4.67. The molecule has 168 valence electrons. The molecule has 0 unspecified atom stereocenters. The molecule has 0 amide bonds. The second-order valence-electron chi connectivity index (χ2n) is 6.97. The normalized spacial score (nSPS) is 15.0. The number of ether oxygens (including phenoxy) is 2. The first-order chi connectivity index (χ1) is 15.3. The predicted molar refractivity (Wildman–Crippen MR) is 124 cm³/mol.